The largest absolute Gasteiger partial charge is 0.322 e. The lowest BCUT2D eigenvalue weighted by atomic mass is 10.1. The van der Waals surface area contributed by atoms with Gasteiger partial charge in [-0.2, -0.15) is 0 Å². The van der Waals surface area contributed by atoms with Crippen LogP contribution in [0, 0.1) is 12.7 Å². The molecule has 172 valence electrons. The van der Waals surface area contributed by atoms with Gasteiger partial charge in [-0.15, -0.1) is 23.1 Å². The van der Waals surface area contributed by atoms with Crippen LogP contribution in [0.25, 0.3) is 11.3 Å². The number of carbonyl (C=O) groups excluding carboxylic acids is 2. The maximum atomic E-state index is 13.1. The van der Waals surface area contributed by atoms with Gasteiger partial charge in [-0.25, -0.2) is 9.37 Å². The van der Waals surface area contributed by atoms with Crippen LogP contribution in [-0.2, 0) is 4.79 Å². The van der Waals surface area contributed by atoms with Crippen LogP contribution in [0.1, 0.15) is 22.8 Å². The molecule has 4 rings (SSSR count). The maximum Gasteiger partial charge on any atom is 0.255 e. The molecule has 1 unspecified atom stereocenters. The number of rotatable bonds is 7. The van der Waals surface area contributed by atoms with E-state index in [0.717, 1.165) is 16.0 Å². The number of thiazole rings is 1. The minimum absolute atomic E-state index is 0.158. The van der Waals surface area contributed by atoms with Crippen molar-refractivity contribution >= 4 is 45.7 Å². The molecule has 0 aliphatic heterocycles. The Hall–Kier alpha value is -3.49. The van der Waals surface area contributed by atoms with Crippen LogP contribution in [0.4, 0.5) is 15.2 Å². The fourth-order valence-electron chi connectivity index (χ4n) is 3.19. The number of hydrogen-bond acceptors (Lipinski definition) is 5. The first-order valence-corrected chi connectivity index (χ1v) is 12.3. The highest BCUT2D eigenvalue weighted by Crippen LogP contribution is 2.28. The third-order valence-electron chi connectivity index (χ3n) is 5.06. The highest BCUT2D eigenvalue weighted by atomic mass is 32.2. The summed E-state index contributed by atoms with van der Waals surface area (Å²) >= 11 is 2.73. The zero-order chi connectivity index (χ0) is 24.1. The van der Waals surface area contributed by atoms with Crippen molar-refractivity contribution in [2.24, 2.45) is 0 Å². The average Bonchev–Trinajstić information content (AvgIpc) is 3.29. The van der Waals surface area contributed by atoms with Crippen LogP contribution in [0.3, 0.4) is 0 Å². The molecule has 1 atom stereocenters. The van der Waals surface area contributed by atoms with Crippen molar-refractivity contribution in [1.82, 2.24) is 4.98 Å². The molecular formula is C26H22FN3O2S2. The summed E-state index contributed by atoms with van der Waals surface area (Å²) in [5, 5.41) is 7.70. The van der Waals surface area contributed by atoms with Crippen molar-refractivity contribution in [3.63, 3.8) is 0 Å². The molecule has 0 aliphatic rings. The average molecular weight is 492 g/mol. The number of benzene rings is 3. The van der Waals surface area contributed by atoms with Crippen molar-refractivity contribution in [3.05, 3.63) is 95.1 Å². The van der Waals surface area contributed by atoms with Gasteiger partial charge in [0.2, 0.25) is 5.91 Å². The van der Waals surface area contributed by atoms with Gasteiger partial charge in [0.15, 0.2) is 5.13 Å². The Morgan fingerprint density at radius 3 is 2.38 bits per heavy atom. The molecule has 3 aromatic carbocycles. The predicted molar refractivity (Wildman–Crippen MR) is 137 cm³/mol. The van der Waals surface area contributed by atoms with Gasteiger partial charge in [-0.3, -0.25) is 9.59 Å². The van der Waals surface area contributed by atoms with Crippen LogP contribution in [0.15, 0.2) is 83.1 Å². The van der Waals surface area contributed by atoms with E-state index in [1.807, 2.05) is 61.7 Å². The number of amides is 2. The van der Waals surface area contributed by atoms with E-state index in [1.165, 1.54) is 35.2 Å². The number of hydrogen-bond donors (Lipinski definition) is 2. The van der Waals surface area contributed by atoms with Crippen molar-refractivity contribution in [2.75, 3.05) is 10.6 Å². The lowest BCUT2D eigenvalue weighted by molar-refractivity contribution is -0.115. The molecule has 0 radical (unpaired) electrons. The van der Waals surface area contributed by atoms with E-state index in [0.29, 0.717) is 22.1 Å². The Morgan fingerprint density at radius 1 is 0.971 bits per heavy atom. The zero-order valence-corrected chi connectivity index (χ0v) is 20.2. The highest BCUT2D eigenvalue weighted by molar-refractivity contribution is 8.00. The molecule has 0 saturated heterocycles. The molecule has 1 aromatic heterocycles. The molecule has 2 amide bonds. The van der Waals surface area contributed by atoms with E-state index in [4.69, 9.17) is 0 Å². The van der Waals surface area contributed by atoms with Gasteiger partial charge in [0.25, 0.3) is 5.91 Å². The molecule has 34 heavy (non-hydrogen) atoms. The second-order valence-electron chi connectivity index (χ2n) is 7.59. The normalized spacial score (nSPS) is 11.6. The van der Waals surface area contributed by atoms with Gasteiger partial charge in [-0.05, 0) is 74.0 Å². The Morgan fingerprint density at radius 2 is 1.68 bits per heavy atom. The number of anilines is 2. The SMILES string of the molecule is Cc1ccccc1C(=O)Nc1ccc(SC(C)C(=O)Nc2nc(-c3ccc(F)cc3)cs2)cc1. The fraction of sp³-hybridized carbons (Fsp3) is 0.115. The Bertz CT molecular complexity index is 1300. The van der Waals surface area contributed by atoms with Gasteiger partial charge in [0.05, 0.1) is 10.9 Å². The van der Waals surface area contributed by atoms with E-state index in [2.05, 4.69) is 15.6 Å². The first kappa shape index (κ1) is 23.7. The predicted octanol–water partition coefficient (Wildman–Crippen LogP) is 6.63. The molecule has 0 fully saturated rings. The van der Waals surface area contributed by atoms with Crippen LogP contribution in [0.5, 0.6) is 0 Å². The molecule has 0 spiro atoms. The molecule has 8 heteroatoms. The van der Waals surface area contributed by atoms with Crippen LogP contribution in [-0.4, -0.2) is 22.0 Å². The quantitative estimate of drug-likeness (QED) is 0.285. The molecule has 4 aromatic rings. The third kappa shape index (κ3) is 5.89. The maximum absolute atomic E-state index is 13.1. The third-order valence-corrected chi connectivity index (χ3v) is 6.93. The van der Waals surface area contributed by atoms with Crippen LogP contribution in [0.2, 0.25) is 0 Å². The summed E-state index contributed by atoms with van der Waals surface area (Å²) in [6.07, 6.45) is 0. The summed E-state index contributed by atoms with van der Waals surface area (Å²) in [5.74, 6) is -0.628. The fourth-order valence-corrected chi connectivity index (χ4v) is 4.78. The minimum atomic E-state index is -0.356. The molecular weight excluding hydrogens is 469 g/mol. The number of halogens is 1. The van der Waals surface area contributed by atoms with Gasteiger partial charge < -0.3 is 10.6 Å². The monoisotopic (exact) mass is 491 g/mol. The lowest BCUT2D eigenvalue weighted by Crippen LogP contribution is -2.22. The van der Waals surface area contributed by atoms with Gasteiger partial charge >= 0.3 is 0 Å². The molecule has 2 N–H and O–H groups in total. The number of nitrogens with one attached hydrogen (secondary N) is 2. The van der Waals surface area contributed by atoms with Crippen LogP contribution < -0.4 is 10.6 Å². The Labute approximate surface area is 205 Å². The van der Waals surface area contributed by atoms with Crippen molar-refractivity contribution < 1.29 is 14.0 Å². The summed E-state index contributed by atoms with van der Waals surface area (Å²) < 4.78 is 13.1. The standard InChI is InChI=1S/C26H22FN3O2S2/c1-16-5-3-4-6-22(16)25(32)28-20-11-13-21(14-12-20)34-17(2)24(31)30-26-29-23(15-33-26)18-7-9-19(27)10-8-18/h3-15,17H,1-2H3,(H,28,32)(H,29,30,31). The van der Waals surface area contributed by atoms with Crippen LogP contribution >= 0.6 is 23.1 Å². The van der Waals surface area contributed by atoms with Crippen molar-refractivity contribution in [2.45, 2.75) is 24.0 Å². The summed E-state index contributed by atoms with van der Waals surface area (Å²) in [6.45, 7) is 3.72. The zero-order valence-electron chi connectivity index (χ0n) is 18.5. The van der Waals surface area contributed by atoms with Crippen molar-refractivity contribution in [3.8, 4) is 11.3 Å². The molecule has 1 heterocycles. The first-order chi connectivity index (χ1) is 16.4. The molecule has 0 aliphatic carbocycles. The van der Waals surface area contributed by atoms with Gasteiger partial charge in [0, 0.05) is 27.1 Å². The number of carbonyl (C=O) groups is 2. The van der Waals surface area contributed by atoms with E-state index >= 15 is 0 Å². The molecule has 0 saturated carbocycles. The Balaban J connectivity index is 1.32. The molecule has 5 nitrogen and oxygen atoms in total. The van der Waals surface area contributed by atoms with Crippen molar-refractivity contribution in [1.29, 1.82) is 0 Å². The van der Waals surface area contributed by atoms with E-state index in [9.17, 15) is 14.0 Å². The number of aromatic nitrogens is 1. The number of thioether (sulfide) groups is 1. The summed E-state index contributed by atoms with van der Waals surface area (Å²) in [6, 6.07) is 20.9. The summed E-state index contributed by atoms with van der Waals surface area (Å²) in [7, 11) is 0. The number of nitrogens with zero attached hydrogens (tertiary/aromatic N) is 1. The smallest absolute Gasteiger partial charge is 0.255 e. The first-order valence-electron chi connectivity index (χ1n) is 10.5. The second-order valence-corrected chi connectivity index (χ2v) is 9.86. The van der Waals surface area contributed by atoms with E-state index in [1.54, 1.807) is 18.2 Å². The van der Waals surface area contributed by atoms with E-state index < -0.39 is 0 Å². The molecule has 0 bridgehead atoms. The second kappa shape index (κ2) is 10.6. The highest BCUT2D eigenvalue weighted by Gasteiger charge is 2.17. The number of aryl methyl sites for hydroxylation is 1. The Kier molecular flexibility index (Phi) is 7.40. The topological polar surface area (TPSA) is 71.1 Å². The lowest BCUT2D eigenvalue weighted by Gasteiger charge is -2.12. The van der Waals surface area contributed by atoms with Gasteiger partial charge in [-0.1, -0.05) is 18.2 Å². The summed E-state index contributed by atoms with van der Waals surface area (Å²) in [4.78, 5) is 30.4. The minimum Gasteiger partial charge on any atom is -0.322 e. The van der Waals surface area contributed by atoms with Gasteiger partial charge in [0.1, 0.15) is 5.82 Å². The summed E-state index contributed by atoms with van der Waals surface area (Å²) in [5.41, 5.74) is 3.71. The van der Waals surface area contributed by atoms with E-state index in [-0.39, 0.29) is 22.9 Å².